The molecule has 0 saturated carbocycles. The van der Waals surface area contributed by atoms with E-state index in [0.29, 0.717) is 19.9 Å². The van der Waals surface area contributed by atoms with Crippen LogP contribution in [0.3, 0.4) is 0 Å². The summed E-state index contributed by atoms with van der Waals surface area (Å²) >= 11 is 13.0. The first kappa shape index (κ1) is 16.6. The molecule has 1 aliphatic heterocycles. The Morgan fingerprint density at radius 3 is 2.57 bits per heavy atom. The number of anilines is 2. The van der Waals surface area contributed by atoms with Crippen molar-refractivity contribution < 1.29 is 9.18 Å². The van der Waals surface area contributed by atoms with Gasteiger partial charge in [0.05, 0.1) is 21.3 Å². The summed E-state index contributed by atoms with van der Waals surface area (Å²) in [6.45, 7) is 1.80. The summed E-state index contributed by atoms with van der Waals surface area (Å²) in [5.74, 6) is -0.780. The van der Waals surface area contributed by atoms with Crippen LogP contribution in [-0.2, 0) is 0 Å². The molecular formula is C16H15Cl2FN2OS. The summed E-state index contributed by atoms with van der Waals surface area (Å²) in [5, 5.41) is 2.76. The molecule has 1 amide bonds. The molecule has 3 rings (SSSR count). The normalized spacial score (nSPS) is 14.8. The maximum Gasteiger partial charge on any atom is 0.258 e. The minimum absolute atomic E-state index is 0.301. The van der Waals surface area contributed by atoms with Crippen LogP contribution in [0.4, 0.5) is 15.8 Å². The average Bonchev–Trinajstić information content (AvgIpc) is 2.87. The zero-order chi connectivity index (χ0) is 16.4. The van der Waals surface area contributed by atoms with Gasteiger partial charge < -0.3 is 10.2 Å². The van der Waals surface area contributed by atoms with Gasteiger partial charge in [-0.15, -0.1) is 11.3 Å². The van der Waals surface area contributed by atoms with E-state index < -0.39 is 5.82 Å². The highest BCUT2D eigenvalue weighted by Gasteiger charge is 2.19. The third-order valence-corrected chi connectivity index (χ3v) is 5.29. The molecule has 1 aromatic carbocycles. The number of rotatable bonds is 3. The summed E-state index contributed by atoms with van der Waals surface area (Å²) in [6.07, 6.45) is 3.38. The Hall–Kier alpha value is -1.30. The Kier molecular flexibility index (Phi) is 5.09. The molecule has 1 aliphatic rings. The molecule has 2 aromatic rings. The molecule has 3 nitrogen and oxygen atoms in total. The van der Waals surface area contributed by atoms with Gasteiger partial charge in [-0.1, -0.05) is 23.2 Å². The van der Waals surface area contributed by atoms with E-state index in [4.69, 9.17) is 23.2 Å². The van der Waals surface area contributed by atoms with Crippen LogP contribution < -0.4 is 10.2 Å². The van der Waals surface area contributed by atoms with Crippen molar-refractivity contribution in [2.24, 2.45) is 0 Å². The second-order valence-electron chi connectivity index (χ2n) is 5.40. The van der Waals surface area contributed by atoms with E-state index in [2.05, 4.69) is 10.2 Å². The third-order valence-electron chi connectivity index (χ3n) is 3.80. The van der Waals surface area contributed by atoms with E-state index >= 15 is 0 Å². The molecule has 1 fully saturated rings. The maximum atomic E-state index is 13.6. The Labute approximate surface area is 148 Å². The molecule has 23 heavy (non-hydrogen) atoms. The molecular weight excluding hydrogens is 358 g/mol. The second kappa shape index (κ2) is 7.07. The summed E-state index contributed by atoms with van der Waals surface area (Å²) < 4.78 is 14.4. The lowest BCUT2D eigenvalue weighted by molar-refractivity contribution is 0.102. The smallest absolute Gasteiger partial charge is 0.258 e. The lowest BCUT2D eigenvalue weighted by atomic mass is 10.1. The number of amides is 1. The quantitative estimate of drug-likeness (QED) is 0.777. The summed E-state index contributed by atoms with van der Waals surface area (Å²) in [7, 11) is 0. The van der Waals surface area contributed by atoms with Gasteiger partial charge in [0.1, 0.15) is 10.2 Å². The fraction of sp³-hybridized carbons (Fsp3) is 0.312. The molecule has 0 spiro atoms. The van der Waals surface area contributed by atoms with Gasteiger partial charge >= 0.3 is 0 Å². The van der Waals surface area contributed by atoms with Crippen LogP contribution in [0.25, 0.3) is 0 Å². The van der Waals surface area contributed by atoms with Crippen LogP contribution in [0.5, 0.6) is 0 Å². The topological polar surface area (TPSA) is 32.3 Å². The standard InChI is InChI=1S/C16H15Cl2FN2OS/c17-14-9-11(15(18)23-14)16(22)20-12-8-10(19)4-5-13(12)21-6-2-1-3-7-21/h4-5,8-9H,1-3,6-7H2,(H,20,22). The highest BCUT2D eigenvalue weighted by atomic mass is 35.5. The molecule has 0 atom stereocenters. The van der Waals surface area contributed by atoms with Gasteiger partial charge in [-0.3, -0.25) is 4.79 Å². The molecule has 1 saturated heterocycles. The predicted molar refractivity (Wildman–Crippen MR) is 94.8 cm³/mol. The Morgan fingerprint density at radius 2 is 1.91 bits per heavy atom. The lowest BCUT2D eigenvalue weighted by Gasteiger charge is -2.30. The zero-order valence-electron chi connectivity index (χ0n) is 12.2. The first-order chi connectivity index (χ1) is 11.0. The number of nitrogens with zero attached hydrogens (tertiary/aromatic N) is 1. The van der Waals surface area contributed by atoms with E-state index in [1.165, 1.54) is 24.6 Å². The second-order valence-corrected chi connectivity index (χ2v) is 7.69. The van der Waals surface area contributed by atoms with E-state index in [0.717, 1.165) is 43.0 Å². The zero-order valence-corrected chi connectivity index (χ0v) is 14.6. The fourth-order valence-corrected chi connectivity index (χ4v) is 4.16. The van der Waals surface area contributed by atoms with Crippen molar-refractivity contribution in [1.29, 1.82) is 0 Å². The first-order valence-corrected chi connectivity index (χ1v) is 8.92. The van der Waals surface area contributed by atoms with Gasteiger partial charge in [0.15, 0.2) is 0 Å². The van der Waals surface area contributed by atoms with Gasteiger partial charge in [-0.25, -0.2) is 4.39 Å². The van der Waals surface area contributed by atoms with Crippen LogP contribution in [0.2, 0.25) is 8.67 Å². The van der Waals surface area contributed by atoms with Crippen molar-refractivity contribution in [2.45, 2.75) is 19.3 Å². The molecule has 1 aromatic heterocycles. The van der Waals surface area contributed by atoms with Crippen LogP contribution in [0.15, 0.2) is 24.3 Å². The van der Waals surface area contributed by atoms with Gasteiger partial charge in [0.2, 0.25) is 0 Å². The molecule has 7 heteroatoms. The molecule has 0 bridgehead atoms. The van der Waals surface area contributed by atoms with Crippen LogP contribution in [0.1, 0.15) is 29.6 Å². The minimum atomic E-state index is -0.393. The number of hydrogen-bond acceptors (Lipinski definition) is 3. The van der Waals surface area contributed by atoms with Crippen LogP contribution in [0, 0.1) is 5.82 Å². The third kappa shape index (κ3) is 3.79. The van der Waals surface area contributed by atoms with Gasteiger partial charge in [0.25, 0.3) is 5.91 Å². The van der Waals surface area contributed by atoms with Crippen molar-refractivity contribution in [1.82, 2.24) is 0 Å². The van der Waals surface area contributed by atoms with Crippen molar-refractivity contribution in [3.8, 4) is 0 Å². The van der Waals surface area contributed by atoms with Crippen LogP contribution in [-0.4, -0.2) is 19.0 Å². The summed E-state index contributed by atoms with van der Waals surface area (Å²) in [6, 6.07) is 5.97. The van der Waals surface area contributed by atoms with Crippen LogP contribution >= 0.6 is 34.5 Å². The number of carbonyl (C=O) groups is 1. The monoisotopic (exact) mass is 372 g/mol. The summed E-state index contributed by atoms with van der Waals surface area (Å²) in [4.78, 5) is 14.6. The Morgan fingerprint density at radius 1 is 1.17 bits per heavy atom. The van der Waals surface area contributed by atoms with Gasteiger partial charge in [-0.2, -0.15) is 0 Å². The number of benzene rings is 1. The maximum absolute atomic E-state index is 13.6. The SMILES string of the molecule is O=C(Nc1cc(F)ccc1N1CCCCC1)c1cc(Cl)sc1Cl. The van der Waals surface area contributed by atoms with E-state index in [1.807, 2.05) is 0 Å². The highest BCUT2D eigenvalue weighted by Crippen LogP contribution is 2.33. The largest absolute Gasteiger partial charge is 0.370 e. The lowest BCUT2D eigenvalue weighted by Crippen LogP contribution is -2.30. The number of thiophene rings is 1. The molecule has 0 unspecified atom stereocenters. The van der Waals surface area contributed by atoms with Crippen molar-refractivity contribution >= 4 is 51.8 Å². The molecule has 1 N–H and O–H groups in total. The number of piperidine rings is 1. The Bertz CT molecular complexity index is 729. The van der Waals surface area contributed by atoms with E-state index in [-0.39, 0.29) is 5.91 Å². The van der Waals surface area contributed by atoms with Crippen molar-refractivity contribution in [3.63, 3.8) is 0 Å². The van der Waals surface area contributed by atoms with E-state index in [9.17, 15) is 9.18 Å². The molecule has 0 aliphatic carbocycles. The van der Waals surface area contributed by atoms with Gasteiger partial charge in [0, 0.05) is 13.1 Å². The first-order valence-electron chi connectivity index (χ1n) is 7.35. The molecule has 122 valence electrons. The van der Waals surface area contributed by atoms with Crippen molar-refractivity contribution in [3.05, 3.63) is 44.3 Å². The van der Waals surface area contributed by atoms with E-state index in [1.54, 1.807) is 6.07 Å². The number of halogens is 3. The van der Waals surface area contributed by atoms with Gasteiger partial charge in [-0.05, 0) is 43.5 Å². The number of nitrogens with one attached hydrogen (secondary N) is 1. The average molecular weight is 373 g/mol. The summed E-state index contributed by atoms with van der Waals surface area (Å²) in [5.41, 5.74) is 1.59. The minimum Gasteiger partial charge on any atom is -0.370 e. The Balaban J connectivity index is 1.87. The number of carbonyl (C=O) groups excluding carboxylic acids is 1. The highest BCUT2D eigenvalue weighted by molar-refractivity contribution is 7.20. The predicted octanol–water partition coefficient (Wildman–Crippen LogP) is 5.44. The van der Waals surface area contributed by atoms with Crippen molar-refractivity contribution in [2.75, 3.05) is 23.3 Å². The fourth-order valence-electron chi connectivity index (χ4n) is 2.70. The molecule has 2 heterocycles. The number of hydrogen-bond donors (Lipinski definition) is 1. The molecule has 0 radical (unpaired) electrons.